The third-order valence-corrected chi connectivity index (χ3v) is 4.94. The Morgan fingerprint density at radius 3 is 2.68 bits per heavy atom. The average Bonchev–Trinajstić information content (AvgIpc) is 2.75. The van der Waals surface area contributed by atoms with Gasteiger partial charge in [-0.15, -0.1) is 0 Å². The zero-order valence-electron chi connectivity index (χ0n) is 16.4. The van der Waals surface area contributed by atoms with E-state index in [0.29, 0.717) is 5.82 Å². The fourth-order valence-electron chi connectivity index (χ4n) is 3.52. The molecule has 144 valence electrons. The van der Waals surface area contributed by atoms with Crippen molar-refractivity contribution in [3.8, 4) is 17.3 Å². The first-order chi connectivity index (χ1) is 13.8. The Kier molecular flexibility index (Phi) is 5.48. The maximum atomic E-state index is 5.25. The van der Waals surface area contributed by atoms with E-state index in [-0.39, 0.29) is 0 Å². The number of pyridine rings is 1. The van der Waals surface area contributed by atoms with Crippen LogP contribution in [-0.2, 0) is 19.5 Å². The van der Waals surface area contributed by atoms with Gasteiger partial charge in [-0.3, -0.25) is 9.88 Å². The summed E-state index contributed by atoms with van der Waals surface area (Å²) in [5, 5.41) is 3.42. The quantitative estimate of drug-likeness (QED) is 0.711. The number of hydrogen-bond donors (Lipinski definition) is 1. The van der Waals surface area contributed by atoms with Crippen LogP contribution in [0.15, 0.2) is 48.7 Å². The van der Waals surface area contributed by atoms with E-state index in [0.717, 1.165) is 55.6 Å². The van der Waals surface area contributed by atoms with E-state index in [9.17, 15) is 0 Å². The summed E-state index contributed by atoms with van der Waals surface area (Å²) in [6.07, 6.45) is 2.69. The number of methoxy groups -OCH3 is 1. The molecule has 0 fully saturated rings. The molecule has 0 unspecified atom stereocenters. The lowest BCUT2D eigenvalue weighted by atomic mass is 10.0. The van der Waals surface area contributed by atoms with Crippen molar-refractivity contribution >= 4 is 5.82 Å². The van der Waals surface area contributed by atoms with Crippen molar-refractivity contribution < 1.29 is 4.74 Å². The van der Waals surface area contributed by atoms with E-state index in [1.165, 1.54) is 11.1 Å². The van der Waals surface area contributed by atoms with Gasteiger partial charge in [0.05, 0.1) is 12.8 Å². The van der Waals surface area contributed by atoms with E-state index in [1.54, 1.807) is 13.3 Å². The lowest BCUT2D eigenvalue weighted by molar-refractivity contribution is 0.243. The molecule has 3 heterocycles. The Morgan fingerprint density at radius 1 is 1.11 bits per heavy atom. The van der Waals surface area contributed by atoms with E-state index in [1.807, 2.05) is 30.3 Å². The van der Waals surface area contributed by atoms with Gasteiger partial charge >= 0.3 is 0 Å². The fraction of sp³-hybridized carbons (Fsp3) is 0.318. The summed E-state index contributed by atoms with van der Waals surface area (Å²) < 4.78 is 5.25. The maximum absolute atomic E-state index is 5.25. The third-order valence-electron chi connectivity index (χ3n) is 4.94. The SMILES string of the molecule is CCNc1nc(-c2ccccn2)nc2c1CN(Cc1ccc(OC)cc1)CC2. The molecule has 0 bridgehead atoms. The van der Waals surface area contributed by atoms with Crippen LogP contribution in [0.2, 0.25) is 0 Å². The number of aromatic nitrogens is 3. The normalized spacial score (nSPS) is 13.8. The molecule has 0 radical (unpaired) electrons. The van der Waals surface area contributed by atoms with Gasteiger partial charge in [-0.2, -0.15) is 0 Å². The lowest BCUT2D eigenvalue weighted by Crippen LogP contribution is -2.32. The summed E-state index contributed by atoms with van der Waals surface area (Å²) >= 11 is 0. The Morgan fingerprint density at radius 2 is 1.96 bits per heavy atom. The molecule has 0 saturated carbocycles. The largest absolute Gasteiger partial charge is 0.497 e. The van der Waals surface area contributed by atoms with Gasteiger partial charge in [-0.1, -0.05) is 18.2 Å². The van der Waals surface area contributed by atoms with Crippen LogP contribution in [0.25, 0.3) is 11.5 Å². The molecule has 0 atom stereocenters. The van der Waals surface area contributed by atoms with Crippen molar-refractivity contribution in [3.05, 3.63) is 65.5 Å². The second-order valence-corrected chi connectivity index (χ2v) is 6.88. The Balaban J connectivity index is 1.58. The molecule has 3 aromatic rings. The molecule has 0 aliphatic carbocycles. The van der Waals surface area contributed by atoms with E-state index in [4.69, 9.17) is 14.7 Å². The highest BCUT2D eigenvalue weighted by Gasteiger charge is 2.23. The molecule has 0 spiro atoms. The van der Waals surface area contributed by atoms with Gasteiger partial charge in [-0.05, 0) is 36.8 Å². The topological polar surface area (TPSA) is 63.2 Å². The smallest absolute Gasteiger partial charge is 0.180 e. The predicted octanol–water partition coefficient (Wildman–Crippen LogP) is 3.54. The number of anilines is 1. The van der Waals surface area contributed by atoms with E-state index >= 15 is 0 Å². The second-order valence-electron chi connectivity index (χ2n) is 6.88. The van der Waals surface area contributed by atoms with Crippen molar-refractivity contribution in [1.29, 1.82) is 0 Å². The number of nitrogens with zero attached hydrogens (tertiary/aromatic N) is 4. The Labute approximate surface area is 165 Å². The minimum Gasteiger partial charge on any atom is -0.497 e. The zero-order chi connectivity index (χ0) is 19.3. The molecule has 6 heteroatoms. The number of ether oxygens (including phenoxy) is 1. The first kappa shape index (κ1) is 18.4. The highest BCUT2D eigenvalue weighted by Crippen LogP contribution is 2.27. The molecular weight excluding hydrogens is 350 g/mol. The average molecular weight is 375 g/mol. The van der Waals surface area contributed by atoms with Gasteiger partial charge < -0.3 is 10.1 Å². The van der Waals surface area contributed by atoms with Gasteiger partial charge in [0.1, 0.15) is 17.3 Å². The fourth-order valence-corrected chi connectivity index (χ4v) is 3.52. The molecule has 0 amide bonds. The molecule has 1 aromatic carbocycles. The molecule has 1 N–H and O–H groups in total. The van der Waals surface area contributed by atoms with Crippen LogP contribution in [0.4, 0.5) is 5.82 Å². The molecule has 4 rings (SSSR count). The summed E-state index contributed by atoms with van der Waals surface area (Å²) in [5.41, 5.74) is 4.41. The highest BCUT2D eigenvalue weighted by atomic mass is 16.5. The van der Waals surface area contributed by atoms with Crippen molar-refractivity contribution in [2.24, 2.45) is 0 Å². The first-order valence-electron chi connectivity index (χ1n) is 9.67. The molecule has 1 aliphatic heterocycles. The van der Waals surface area contributed by atoms with Gasteiger partial charge in [-0.25, -0.2) is 9.97 Å². The predicted molar refractivity (Wildman–Crippen MR) is 110 cm³/mol. The number of hydrogen-bond acceptors (Lipinski definition) is 6. The molecule has 1 aliphatic rings. The summed E-state index contributed by atoms with van der Waals surface area (Å²) in [6, 6.07) is 14.1. The number of fused-ring (bicyclic) bond motifs is 1. The van der Waals surface area contributed by atoms with Gasteiger partial charge in [0.25, 0.3) is 0 Å². The molecule has 2 aromatic heterocycles. The van der Waals surface area contributed by atoms with Crippen molar-refractivity contribution in [3.63, 3.8) is 0 Å². The summed E-state index contributed by atoms with van der Waals surface area (Å²) in [4.78, 5) is 16.5. The van der Waals surface area contributed by atoms with Crippen molar-refractivity contribution in [2.45, 2.75) is 26.4 Å². The van der Waals surface area contributed by atoms with Crippen LogP contribution < -0.4 is 10.1 Å². The van der Waals surface area contributed by atoms with Crippen LogP contribution in [0.1, 0.15) is 23.7 Å². The monoisotopic (exact) mass is 375 g/mol. The third kappa shape index (κ3) is 3.97. The van der Waals surface area contributed by atoms with Gasteiger partial charge in [0, 0.05) is 44.4 Å². The van der Waals surface area contributed by atoms with Gasteiger partial charge in [0.2, 0.25) is 0 Å². The van der Waals surface area contributed by atoms with Crippen molar-refractivity contribution in [2.75, 3.05) is 25.5 Å². The molecular formula is C22H25N5O. The Hall–Kier alpha value is -2.99. The molecule has 28 heavy (non-hydrogen) atoms. The van der Waals surface area contributed by atoms with Crippen molar-refractivity contribution in [1.82, 2.24) is 19.9 Å². The maximum Gasteiger partial charge on any atom is 0.180 e. The zero-order valence-corrected chi connectivity index (χ0v) is 16.4. The molecule has 0 saturated heterocycles. The van der Waals surface area contributed by atoms with Crippen LogP contribution in [-0.4, -0.2) is 40.1 Å². The molecule has 6 nitrogen and oxygen atoms in total. The van der Waals surface area contributed by atoms with Crippen LogP contribution in [0.5, 0.6) is 5.75 Å². The minimum absolute atomic E-state index is 0.693. The standard InChI is InChI=1S/C22H25N5O/c1-3-23-21-18-15-27(14-16-7-9-17(28-2)10-8-16)13-11-19(18)25-22(26-21)20-6-4-5-12-24-20/h4-10,12H,3,11,13-15H2,1-2H3,(H,23,25,26). The van der Waals surface area contributed by atoms with Crippen LogP contribution in [0, 0.1) is 0 Å². The Bertz CT molecular complexity index is 928. The van der Waals surface area contributed by atoms with Crippen LogP contribution >= 0.6 is 0 Å². The number of nitrogens with one attached hydrogen (secondary N) is 1. The van der Waals surface area contributed by atoms with Gasteiger partial charge in [0.15, 0.2) is 5.82 Å². The second kappa shape index (κ2) is 8.35. The van der Waals surface area contributed by atoms with E-state index in [2.05, 4.69) is 34.3 Å². The number of rotatable bonds is 6. The van der Waals surface area contributed by atoms with E-state index < -0.39 is 0 Å². The first-order valence-corrected chi connectivity index (χ1v) is 9.67. The van der Waals surface area contributed by atoms with Crippen LogP contribution in [0.3, 0.4) is 0 Å². The lowest BCUT2D eigenvalue weighted by Gasteiger charge is -2.29. The minimum atomic E-state index is 0.693. The summed E-state index contributed by atoms with van der Waals surface area (Å²) in [5.74, 6) is 2.50. The number of benzene rings is 1. The highest BCUT2D eigenvalue weighted by molar-refractivity contribution is 5.57. The summed E-state index contributed by atoms with van der Waals surface area (Å²) in [7, 11) is 1.69. The summed E-state index contributed by atoms with van der Waals surface area (Å²) in [6.45, 7) is 5.63.